The summed E-state index contributed by atoms with van der Waals surface area (Å²) in [4.78, 5) is 2.66. The van der Waals surface area contributed by atoms with Gasteiger partial charge in [-0.05, 0) is 45.6 Å². The Hall–Kier alpha value is -0.120. The van der Waals surface area contributed by atoms with Crippen LogP contribution in [0.2, 0.25) is 0 Å². The van der Waals surface area contributed by atoms with Gasteiger partial charge in [0.05, 0.1) is 0 Å². The van der Waals surface area contributed by atoms with Crippen molar-refractivity contribution in [3.63, 3.8) is 0 Å². The molecule has 0 amide bonds. The van der Waals surface area contributed by atoms with E-state index in [4.69, 9.17) is 4.74 Å². The van der Waals surface area contributed by atoms with Crippen molar-refractivity contribution >= 4 is 0 Å². The Labute approximate surface area is 113 Å². The first-order valence-electron chi connectivity index (χ1n) is 7.59. The number of nitrogens with zero attached hydrogens (tertiary/aromatic N) is 1. The summed E-state index contributed by atoms with van der Waals surface area (Å²) in [6, 6.07) is 2.00. The molecule has 1 saturated heterocycles. The van der Waals surface area contributed by atoms with Crippen molar-refractivity contribution in [1.29, 1.82) is 0 Å². The van der Waals surface area contributed by atoms with Gasteiger partial charge in [0.15, 0.2) is 0 Å². The summed E-state index contributed by atoms with van der Waals surface area (Å²) in [5, 5.41) is 3.70. The molecule has 0 bridgehead atoms. The van der Waals surface area contributed by atoms with Crippen LogP contribution in [0.4, 0.5) is 0 Å². The molecule has 18 heavy (non-hydrogen) atoms. The minimum Gasteiger partial charge on any atom is -0.385 e. The summed E-state index contributed by atoms with van der Waals surface area (Å²) in [6.07, 6.45) is 3.65. The van der Waals surface area contributed by atoms with Gasteiger partial charge in [0.25, 0.3) is 0 Å². The van der Waals surface area contributed by atoms with Crippen LogP contribution in [0.5, 0.6) is 0 Å². The van der Waals surface area contributed by atoms with E-state index in [1.807, 2.05) is 0 Å². The van der Waals surface area contributed by atoms with Crippen LogP contribution in [-0.4, -0.2) is 49.8 Å². The molecule has 1 N–H and O–H groups in total. The summed E-state index contributed by atoms with van der Waals surface area (Å²) in [7, 11) is 1.79. The topological polar surface area (TPSA) is 24.5 Å². The van der Waals surface area contributed by atoms with Gasteiger partial charge in [-0.15, -0.1) is 0 Å². The quantitative estimate of drug-likeness (QED) is 0.757. The van der Waals surface area contributed by atoms with Crippen molar-refractivity contribution in [3.8, 4) is 0 Å². The summed E-state index contributed by atoms with van der Waals surface area (Å²) in [6.45, 7) is 12.6. The number of hydrogen-bond donors (Lipinski definition) is 1. The Morgan fingerprint density at radius 3 is 2.72 bits per heavy atom. The molecule has 4 unspecified atom stereocenters. The van der Waals surface area contributed by atoms with Gasteiger partial charge in [-0.25, -0.2) is 0 Å². The van der Waals surface area contributed by atoms with Crippen LogP contribution in [0.25, 0.3) is 0 Å². The lowest BCUT2D eigenvalue weighted by Gasteiger charge is -2.46. The number of hydrogen-bond acceptors (Lipinski definition) is 3. The molecule has 0 radical (unpaired) electrons. The number of nitrogens with one attached hydrogen (secondary N) is 1. The highest BCUT2D eigenvalue weighted by molar-refractivity contribution is 4.90. The zero-order valence-electron chi connectivity index (χ0n) is 12.9. The van der Waals surface area contributed by atoms with Crippen LogP contribution in [0, 0.1) is 5.92 Å². The van der Waals surface area contributed by atoms with Crippen LogP contribution in [0.1, 0.15) is 47.0 Å². The first-order chi connectivity index (χ1) is 8.61. The van der Waals surface area contributed by atoms with Gasteiger partial charge >= 0.3 is 0 Å². The largest absolute Gasteiger partial charge is 0.385 e. The molecule has 0 saturated carbocycles. The normalized spacial score (nSPS) is 31.5. The van der Waals surface area contributed by atoms with E-state index < -0.39 is 0 Å². The minimum absolute atomic E-state index is 0.634. The average molecular weight is 256 g/mol. The molecule has 4 atom stereocenters. The van der Waals surface area contributed by atoms with Crippen LogP contribution < -0.4 is 5.32 Å². The Morgan fingerprint density at radius 2 is 2.11 bits per heavy atom. The number of piperidine rings is 1. The van der Waals surface area contributed by atoms with Crippen LogP contribution in [0.3, 0.4) is 0 Å². The van der Waals surface area contributed by atoms with Gasteiger partial charge in [-0.1, -0.05) is 13.8 Å². The van der Waals surface area contributed by atoms with Gasteiger partial charge in [-0.3, -0.25) is 4.90 Å². The van der Waals surface area contributed by atoms with E-state index in [-0.39, 0.29) is 0 Å². The van der Waals surface area contributed by atoms with Crippen molar-refractivity contribution in [2.75, 3.05) is 26.8 Å². The highest BCUT2D eigenvalue weighted by Gasteiger charge is 2.33. The van der Waals surface area contributed by atoms with Gasteiger partial charge in [0, 0.05) is 38.4 Å². The van der Waals surface area contributed by atoms with E-state index in [1.165, 1.54) is 19.4 Å². The molecule has 0 aliphatic carbocycles. The average Bonchev–Trinajstić information content (AvgIpc) is 2.37. The van der Waals surface area contributed by atoms with Gasteiger partial charge < -0.3 is 10.1 Å². The first kappa shape index (κ1) is 15.9. The second-order valence-electron chi connectivity index (χ2n) is 5.82. The smallest absolute Gasteiger partial charge is 0.0477 e. The second-order valence-corrected chi connectivity index (χ2v) is 5.82. The lowest BCUT2D eigenvalue weighted by atomic mass is 9.85. The Kier molecular flexibility index (Phi) is 7.20. The van der Waals surface area contributed by atoms with Gasteiger partial charge in [0.1, 0.15) is 0 Å². The summed E-state index contributed by atoms with van der Waals surface area (Å²) < 4.78 is 5.20. The third-order valence-corrected chi connectivity index (χ3v) is 4.58. The lowest BCUT2D eigenvalue weighted by molar-refractivity contribution is 0.0395. The summed E-state index contributed by atoms with van der Waals surface area (Å²) >= 11 is 0. The molecule has 3 heteroatoms. The third-order valence-electron chi connectivity index (χ3n) is 4.58. The SMILES string of the molecule is CCCNC1CCN(C(C)CCOC)C(C)C1C. The predicted octanol–water partition coefficient (Wildman–Crippen LogP) is 2.51. The summed E-state index contributed by atoms with van der Waals surface area (Å²) in [5.41, 5.74) is 0. The van der Waals surface area contributed by atoms with E-state index in [0.29, 0.717) is 18.1 Å². The second kappa shape index (κ2) is 8.13. The molecule has 1 fully saturated rings. The van der Waals surface area contributed by atoms with E-state index in [1.54, 1.807) is 7.11 Å². The third kappa shape index (κ3) is 4.22. The van der Waals surface area contributed by atoms with E-state index in [2.05, 4.69) is 37.9 Å². The molecule has 0 spiro atoms. The Morgan fingerprint density at radius 1 is 1.39 bits per heavy atom. The zero-order valence-corrected chi connectivity index (χ0v) is 12.9. The number of likely N-dealkylation sites (tertiary alicyclic amines) is 1. The highest BCUT2D eigenvalue weighted by atomic mass is 16.5. The first-order valence-corrected chi connectivity index (χ1v) is 7.59. The van der Waals surface area contributed by atoms with Crippen molar-refractivity contribution in [1.82, 2.24) is 10.2 Å². The van der Waals surface area contributed by atoms with Crippen LogP contribution >= 0.6 is 0 Å². The lowest BCUT2D eigenvalue weighted by Crippen LogP contribution is -2.56. The van der Waals surface area contributed by atoms with Crippen molar-refractivity contribution in [3.05, 3.63) is 0 Å². The zero-order chi connectivity index (χ0) is 13.5. The Bertz CT molecular complexity index is 223. The predicted molar refractivity (Wildman–Crippen MR) is 78.0 cm³/mol. The van der Waals surface area contributed by atoms with Crippen molar-refractivity contribution < 1.29 is 4.74 Å². The Balaban J connectivity index is 2.46. The van der Waals surface area contributed by atoms with Crippen molar-refractivity contribution in [2.24, 2.45) is 5.92 Å². The molecule has 3 nitrogen and oxygen atoms in total. The monoisotopic (exact) mass is 256 g/mol. The van der Waals surface area contributed by atoms with E-state index in [9.17, 15) is 0 Å². The number of ether oxygens (including phenoxy) is 1. The fourth-order valence-electron chi connectivity index (χ4n) is 3.09. The standard InChI is InChI=1S/C15H32N2O/c1-6-9-16-15-7-10-17(14(4)13(15)3)12(2)8-11-18-5/h12-16H,6-11H2,1-5H3. The molecule has 0 aromatic heterocycles. The van der Waals surface area contributed by atoms with Crippen LogP contribution in [-0.2, 0) is 4.74 Å². The van der Waals surface area contributed by atoms with Crippen LogP contribution in [0.15, 0.2) is 0 Å². The van der Waals surface area contributed by atoms with Gasteiger partial charge in [0.2, 0.25) is 0 Å². The van der Waals surface area contributed by atoms with Crippen molar-refractivity contribution in [2.45, 2.75) is 65.1 Å². The molecule has 1 heterocycles. The maximum Gasteiger partial charge on any atom is 0.0477 e. The summed E-state index contributed by atoms with van der Waals surface area (Å²) in [5.74, 6) is 0.732. The molecule has 0 aromatic carbocycles. The molecule has 0 aromatic rings. The fraction of sp³-hybridized carbons (Fsp3) is 1.00. The molecule has 1 aliphatic heterocycles. The molecule has 108 valence electrons. The van der Waals surface area contributed by atoms with E-state index in [0.717, 1.165) is 25.5 Å². The maximum absolute atomic E-state index is 5.20. The van der Waals surface area contributed by atoms with Gasteiger partial charge in [-0.2, -0.15) is 0 Å². The maximum atomic E-state index is 5.20. The molecule has 1 aliphatic rings. The molecular weight excluding hydrogens is 224 g/mol. The molecular formula is C15H32N2O. The highest BCUT2D eigenvalue weighted by Crippen LogP contribution is 2.26. The fourth-order valence-corrected chi connectivity index (χ4v) is 3.09. The minimum atomic E-state index is 0.634. The number of methoxy groups -OCH3 is 1. The van der Waals surface area contributed by atoms with E-state index >= 15 is 0 Å². The molecule has 1 rings (SSSR count). The number of rotatable bonds is 7.